The molecule has 1 N–H and O–H groups in total. The molecule has 0 unspecified atom stereocenters. The summed E-state index contributed by atoms with van der Waals surface area (Å²) in [5.41, 5.74) is 0.399. The topological polar surface area (TPSA) is 70.1 Å². The number of carbonyl (C=O) groups excluding carboxylic acids is 2. The maximum atomic E-state index is 13.3. The first-order valence-corrected chi connectivity index (χ1v) is 9.32. The van der Waals surface area contributed by atoms with Crippen LogP contribution in [0.2, 0.25) is 0 Å². The molecule has 0 saturated carbocycles. The fourth-order valence-electron chi connectivity index (χ4n) is 4.82. The third-order valence-electron chi connectivity index (χ3n) is 6.09. The van der Waals surface area contributed by atoms with Gasteiger partial charge in [-0.15, -0.1) is 0 Å². The fourth-order valence-corrected chi connectivity index (χ4v) is 4.82. The molecule has 6 nitrogen and oxygen atoms in total. The van der Waals surface area contributed by atoms with Crippen LogP contribution in [0.15, 0.2) is 48.5 Å². The number of hydrogen-bond acceptors (Lipinski definition) is 4. The van der Waals surface area contributed by atoms with E-state index in [1.807, 2.05) is 35.2 Å². The second kappa shape index (κ2) is 6.04. The van der Waals surface area contributed by atoms with Crippen LogP contribution in [0.1, 0.15) is 34.8 Å². The molecule has 0 aliphatic carbocycles. The zero-order valence-electron chi connectivity index (χ0n) is 15.0. The van der Waals surface area contributed by atoms with Crippen LogP contribution in [0.3, 0.4) is 0 Å². The molecule has 2 amide bonds. The number of amides is 2. The lowest BCUT2D eigenvalue weighted by Crippen LogP contribution is -2.49. The molecule has 1 spiro atoms. The SMILES string of the molecule is O=C(c1ccc(F)c(O)c1)N1CC[C@@]23OC[C@@H](c4ccccc4)N2C(=O)C[C@@H]13. The molecule has 2 aromatic rings. The number of halogens is 1. The van der Waals surface area contributed by atoms with E-state index in [-0.39, 0.29) is 29.8 Å². The normalized spacial score (nSPS) is 28.5. The van der Waals surface area contributed by atoms with E-state index in [0.29, 0.717) is 19.6 Å². The van der Waals surface area contributed by atoms with Gasteiger partial charge in [0.15, 0.2) is 17.3 Å². The predicted molar refractivity (Wildman–Crippen MR) is 96.8 cm³/mol. The lowest BCUT2D eigenvalue weighted by atomic mass is 10.0. The molecule has 3 aliphatic rings. The van der Waals surface area contributed by atoms with Crippen LogP contribution in [0.25, 0.3) is 0 Å². The summed E-state index contributed by atoms with van der Waals surface area (Å²) in [7, 11) is 0. The lowest BCUT2D eigenvalue weighted by molar-refractivity contribution is -0.138. The summed E-state index contributed by atoms with van der Waals surface area (Å²) in [4.78, 5) is 29.3. The molecule has 5 rings (SSSR count). The minimum Gasteiger partial charge on any atom is -0.505 e. The van der Waals surface area contributed by atoms with Crippen molar-refractivity contribution in [1.29, 1.82) is 0 Å². The number of hydrogen-bond donors (Lipinski definition) is 1. The molecule has 0 bridgehead atoms. The van der Waals surface area contributed by atoms with Gasteiger partial charge in [-0.05, 0) is 23.8 Å². The van der Waals surface area contributed by atoms with Crippen LogP contribution in [-0.2, 0) is 9.53 Å². The molecular weight excluding hydrogens is 363 g/mol. The van der Waals surface area contributed by atoms with E-state index in [0.717, 1.165) is 17.7 Å². The van der Waals surface area contributed by atoms with Crippen molar-refractivity contribution in [3.05, 3.63) is 65.5 Å². The van der Waals surface area contributed by atoms with Crippen LogP contribution < -0.4 is 0 Å². The molecule has 3 heterocycles. The minimum atomic E-state index is -0.810. The van der Waals surface area contributed by atoms with E-state index in [9.17, 15) is 19.1 Å². The van der Waals surface area contributed by atoms with Crippen molar-refractivity contribution in [2.75, 3.05) is 13.2 Å². The number of phenolic OH excluding ortho intramolecular Hbond substituents is 1. The van der Waals surface area contributed by atoms with Crippen LogP contribution in [-0.4, -0.2) is 51.6 Å². The largest absolute Gasteiger partial charge is 0.505 e. The molecule has 0 radical (unpaired) electrons. The van der Waals surface area contributed by atoms with Crippen molar-refractivity contribution in [2.24, 2.45) is 0 Å². The lowest BCUT2D eigenvalue weighted by Gasteiger charge is -2.33. The summed E-state index contributed by atoms with van der Waals surface area (Å²) >= 11 is 0. The maximum absolute atomic E-state index is 13.3. The monoisotopic (exact) mass is 382 g/mol. The Morgan fingerprint density at radius 2 is 2.00 bits per heavy atom. The first-order chi connectivity index (χ1) is 13.5. The highest BCUT2D eigenvalue weighted by Gasteiger charge is 2.65. The van der Waals surface area contributed by atoms with Gasteiger partial charge in [0.1, 0.15) is 0 Å². The average Bonchev–Trinajstić information content (AvgIpc) is 3.33. The number of likely N-dealkylation sites (tertiary alicyclic amines) is 1. The van der Waals surface area contributed by atoms with E-state index >= 15 is 0 Å². The highest BCUT2D eigenvalue weighted by atomic mass is 19.1. The first-order valence-electron chi connectivity index (χ1n) is 9.32. The Bertz CT molecular complexity index is 966. The van der Waals surface area contributed by atoms with Crippen LogP contribution in [0, 0.1) is 5.82 Å². The van der Waals surface area contributed by atoms with Gasteiger partial charge in [0.2, 0.25) is 5.91 Å². The molecule has 3 fully saturated rings. The number of aromatic hydroxyl groups is 1. The van der Waals surface area contributed by atoms with Gasteiger partial charge in [0.05, 0.1) is 25.1 Å². The van der Waals surface area contributed by atoms with Crippen molar-refractivity contribution < 1.29 is 23.8 Å². The zero-order chi connectivity index (χ0) is 19.5. The highest BCUT2D eigenvalue weighted by molar-refractivity contribution is 5.96. The Hall–Kier alpha value is -2.93. The van der Waals surface area contributed by atoms with Crippen LogP contribution >= 0.6 is 0 Å². The van der Waals surface area contributed by atoms with Gasteiger partial charge >= 0.3 is 0 Å². The number of carbonyl (C=O) groups is 2. The summed E-state index contributed by atoms with van der Waals surface area (Å²) in [6.07, 6.45) is 0.730. The van der Waals surface area contributed by atoms with Gasteiger partial charge in [0.25, 0.3) is 5.91 Å². The Labute approximate surface area is 161 Å². The smallest absolute Gasteiger partial charge is 0.254 e. The number of rotatable bonds is 2. The highest BCUT2D eigenvalue weighted by Crippen LogP contribution is 2.51. The molecule has 7 heteroatoms. The molecule has 0 aromatic heterocycles. The van der Waals surface area contributed by atoms with E-state index in [2.05, 4.69) is 0 Å². The molecular formula is C21H19FN2O4. The summed E-state index contributed by atoms with van der Waals surface area (Å²) in [6, 6.07) is 12.7. The number of nitrogens with zero attached hydrogens (tertiary/aromatic N) is 2. The molecule has 28 heavy (non-hydrogen) atoms. The number of ether oxygens (including phenoxy) is 1. The number of phenols is 1. The van der Waals surface area contributed by atoms with Crippen molar-refractivity contribution in [3.8, 4) is 5.75 Å². The second-order valence-corrected chi connectivity index (χ2v) is 7.48. The number of benzene rings is 2. The second-order valence-electron chi connectivity index (χ2n) is 7.48. The van der Waals surface area contributed by atoms with Gasteiger partial charge in [0, 0.05) is 18.5 Å². The van der Waals surface area contributed by atoms with Crippen LogP contribution in [0.4, 0.5) is 4.39 Å². The van der Waals surface area contributed by atoms with Crippen molar-refractivity contribution >= 4 is 11.8 Å². The van der Waals surface area contributed by atoms with E-state index < -0.39 is 23.3 Å². The van der Waals surface area contributed by atoms with E-state index in [4.69, 9.17) is 4.74 Å². The third-order valence-corrected chi connectivity index (χ3v) is 6.09. The standard InChI is InChI=1S/C21H19FN2O4/c22-15-7-6-14(10-17(15)25)20(27)23-9-8-21-18(23)11-19(26)24(21)16(12-28-21)13-4-2-1-3-5-13/h1-7,10,16,18,25H,8-9,11-12H2/t16-,18+,21-/m0/s1. The van der Waals surface area contributed by atoms with Crippen molar-refractivity contribution in [3.63, 3.8) is 0 Å². The van der Waals surface area contributed by atoms with Gasteiger partial charge in [-0.1, -0.05) is 30.3 Å². The van der Waals surface area contributed by atoms with Gasteiger partial charge in [-0.25, -0.2) is 4.39 Å². The molecule has 144 valence electrons. The van der Waals surface area contributed by atoms with Crippen molar-refractivity contribution in [2.45, 2.75) is 30.7 Å². The van der Waals surface area contributed by atoms with E-state index in [1.54, 1.807) is 4.90 Å². The Balaban J connectivity index is 1.46. The quantitative estimate of drug-likeness (QED) is 0.866. The molecule has 3 atom stereocenters. The third kappa shape index (κ3) is 2.29. The average molecular weight is 382 g/mol. The van der Waals surface area contributed by atoms with Crippen molar-refractivity contribution in [1.82, 2.24) is 9.80 Å². The van der Waals surface area contributed by atoms with Gasteiger partial charge < -0.3 is 19.6 Å². The summed E-state index contributed by atoms with van der Waals surface area (Å²) in [5.74, 6) is -1.71. The van der Waals surface area contributed by atoms with Crippen LogP contribution in [0.5, 0.6) is 5.75 Å². The summed E-state index contributed by atoms with van der Waals surface area (Å²) in [6.45, 7) is 0.832. The Kier molecular flexibility index (Phi) is 3.71. The fraction of sp³-hybridized carbons (Fsp3) is 0.333. The first kappa shape index (κ1) is 17.2. The predicted octanol–water partition coefficient (Wildman–Crippen LogP) is 2.45. The van der Waals surface area contributed by atoms with Gasteiger partial charge in [-0.2, -0.15) is 0 Å². The Morgan fingerprint density at radius 3 is 2.75 bits per heavy atom. The van der Waals surface area contributed by atoms with Gasteiger partial charge in [-0.3, -0.25) is 9.59 Å². The summed E-state index contributed by atoms with van der Waals surface area (Å²) in [5, 5.41) is 9.60. The minimum absolute atomic E-state index is 0.0317. The van der Waals surface area contributed by atoms with E-state index in [1.165, 1.54) is 6.07 Å². The Morgan fingerprint density at radius 1 is 1.21 bits per heavy atom. The zero-order valence-corrected chi connectivity index (χ0v) is 15.0. The molecule has 3 saturated heterocycles. The molecule has 3 aliphatic heterocycles. The summed E-state index contributed by atoms with van der Waals surface area (Å²) < 4.78 is 19.5. The maximum Gasteiger partial charge on any atom is 0.254 e. The molecule has 2 aromatic carbocycles.